The number of nitrogens with two attached hydrogens (primary N) is 1. The van der Waals surface area contributed by atoms with Crippen LogP contribution in [0.3, 0.4) is 0 Å². The summed E-state index contributed by atoms with van der Waals surface area (Å²) in [5.74, 6) is -0.757. The van der Waals surface area contributed by atoms with Gasteiger partial charge in [0.15, 0.2) is 0 Å². The molecule has 0 aliphatic rings. The number of rotatable bonds is 5. The van der Waals surface area contributed by atoms with Crippen LogP contribution in [0.2, 0.25) is 0 Å². The van der Waals surface area contributed by atoms with Crippen molar-refractivity contribution >= 4 is 6.09 Å². The van der Waals surface area contributed by atoms with Crippen LogP contribution in [0.15, 0.2) is 42.5 Å². The molecule has 0 unspecified atom stereocenters. The highest BCUT2D eigenvalue weighted by molar-refractivity contribution is 5.67. The molecule has 1 heterocycles. The Balaban J connectivity index is 1.79. The predicted molar refractivity (Wildman–Crippen MR) is 75.9 cm³/mol. The minimum absolute atomic E-state index is 0.205. The summed E-state index contributed by atoms with van der Waals surface area (Å²) in [6.07, 6.45) is -0.207. The van der Waals surface area contributed by atoms with Crippen LogP contribution in [0, 0.1) is 0 Å². The number of hydrogen-bond acceptors (Lipinski definition) is 5. The molecule has 0 bridgehead atoms. The molecule has 112 valence electrons. The fourth-order valence-corrected chi connectivity index (χ4v) is 1.81. The van der Waals surface area contributed by atoms with Gasteiger partial charge in [-0.2, -0.15) is 0 Å². The normalized spacial score (nSPS) is 11.9. The lowest BCUT2D eigenvalue weighted by Gasteiger charge is -2.13. The molecule has 0 aliphatic heterocycles. The molecule has 0 spiro atoms. The van der Waals surface area contributed by atoms with Crippen molar-refractivity contribution in [2.24, 2.45) is 5.73 Å². The lowest BCUT2D eigenvalue weighted by atomic mass is 10.1. The summed E-state index contributed by atoms with van der Waals surface area (Å²) in [6.45, 7) is 0.205. The lowest BCUT2D eigenvalue weighted by molar-refractivity contribution is 0.108. The lowest BCUT2D eigenvalue weighted by Crippen LogP contribution is -2.41. The zero-order chi connectivity index (χ0) is 15.2. The van der Waals surface area contributed by atoms with Gasteiger partial charge in [-0.3, -0.25) is 0 Å². The van der Waals surface area contributed by atoms with Crippen LogP contribution in [-0.2, 0) is 6.42 Å². The van der Waals surface area contributed by atoms with Crippen molar-refractivity contribution in [3.63, 3.8) is 0 Å². The van der Waals surface area contributed by atoms with E-state index in [9.17, 15) is 15.0 Å². The fraction of sp³-hybridized carbons (Fsp3) is 0.214. The van der Waals surface area contributed by atoms with Crippen molar-refractivity contribution in [1.82, 2.24) is 10.0 Å². The molecule has 0 saturated carbocycles. The summed E-state index contributed by atoms with van der Waals surface area (Å²) >= 11 is 0. The monoisotopic (exact) mass is 291 g/mol. The summed E-state index contributed by atoms with van der Waals surface area (Å²) in [6, 6.07) is 11.8. The third-order valence-corrected chi connectivity index (χ3v) is 2.82. The maximum absolute atomic E-state index is 11.5. The molecule has 5 N–H and O–H groups in total. The molecule has 7 nitrogen and oxygen atoms in total. The first-order chi connectivity index (χ1) is 10.1. The largest absolute Gasteiger partial charge is 0.492 e. The van der Waals surface area contributed by atoms with Gasteiger partial charge in [-0.25, -0.2) is 4.79 Å². The van der Waals surface area contributed by atoms with Gasteiger partial charge in [0.1, 0.15) is 0 Å². The molecule has 1 aromatic heterocycles. The van der Waals surface area contributed by atoms with Crippen molar-refractivity contribution in [2.45, 2.75) is 12.5 Å². The minimum Gasteiger partial charge on any atom is -0.492 e. The van der Waals surface area contributed by atoms with E-state index in [-0.39, 0.29) is 24.3 Å². The summed E-state index contributed by atoms with van der Waals surface area (Å²) in [5, 5.41) is 21.1. The highest BCUT2D eigenvalue weighted by Crippen LogP contribution is 2.18. The molecule has 0 saturated heterocycles. The number of carbonyl (C=O) groups is 1. The molecule has 1 aromatic carbocycles. The third-order valence-electron chi connectivity index (χ3n) is 2.82. The number of benzene rings is 1. The van der Waals surface area contributed by atoms with Crippen molar-refractivity contribution in [3.05, 3.63) is 48.0 Å². The van der Waals surface area contributed by atoms with Crippen LogP contribution in [0.25, 0.3) is 0 Å². The molecule has 0 radical (unpaired) electrons. The number of carbonyl (C=O) groups excluding carboxylic acids is 1. The number of aromatic hydroxyl groups is 2. The Hall–Kier alpha value is -2.67. The number of aromatic nitrogens is 1. The molecule has 0 fully saturated rings. The molecule has 2 aromatic rings. The Morgan fingerprint density at radius 3 is 2.43 bits per heavy atom. The van der Waals surface area contributed by atoms with Crippen LogP contribution in [0.1, 0.15) is 5.56 Å². The maximum atomic E-state index is 11.5. The second-order valence-corrected chi connectivity index (χ2v) is 4.55. The molecular formula is C14H17N3O4. The molecule has 2 rings (SSSR count). The standard InChI is InChI=1S/C14H17N3O4/c15-11(8-10-4-2-1-3-5-10)9-16-14(20)21-17-12(18)6-7-13(17)19/h1-7,11,18-19H,8-9,15H2,(H,16,20)/t11-/m0/s1. The van der Waals surface area contributed by atoms with Crippen molar-refractivity contribution < 1.29 is 19.8 Å². The Kier molecular flexibility index (Phi) is 4.68. The van der Waals surface area contributed by atoms with Gasteiger partial charge >= 0.3 is 6.09 Å². The third kappa shape index (κ3) is 4.15. The molecule has 1 amide bonds. The first-order valence-electron chi connectivity index (χ1n) is 6.41. The first-order valence-corrected chi connectivity index (χ1v) is 6.41. The zero-order valence-electron chi connectivity index (χ0n) is 11.3. The average molecular weight is 291 g/mol. The number of nitrogens with zero attached hydrogens (tertiary/aromatic N) is 1. The number of amides is 1. The summed E-state index contributed by atoms with van der Waals surface area (Å²) in [5.41, 5.74) is 6.98. The van der Waals surface area contributed by atoms with Gasteiger partial charge in [0, 0.05) is 24.7 Å². The quantitative estimate of drug-likeness (QED) is 0.645. The predicted octanol–water partition coefficient (Wildman–Crippen LogP) is 0.608. The number of hydrogen-bond donors (Lipinski definition) is 4. The van der Waals surface area contributed by atoms with Gasteiger partial charge in [-0.15, -0.1) is 4.73 Å². The highest BCUT2D eigenvalue weighted by Gasteiger charge is 2.13. The van der Waals surface area contributed by atoms with E-state index < -0.39 is 6.09 Å². The van der Waals surface area contributed by atoms with Gasteiger partial charge in [0.2, 0.25) is 11.8 Å². The van der Waals surface area contributed by atoms with E-state index in [2.05, 4.69) is 5.32 Å². The summed E-state index contributed by atoms with van der Waals surface area (Å²) in [4.78, 5) is 16.3. The van der Waals surface area contributed by atoms with Gasteiger partial charge in [0.25, 0.3) is 0 Å². The molecular weight excluding hydrogens is 274 g/mol. The Labute approximate surface area is 121 Å². The smallest absolute Gasteiger partial charge is 0.432 e. The Bertz CT molecular complexity index is 578. The van der Waals surface area contributed by atoms with Gasteiger partial charge in [-0.05, 0) is 12.0 Å². The van der Waals surface area contributed by atoms with Gasteiger partial charge in [0.05, 0.1) is 0 Å². The zero-order valence-corrected chi connectivity index (χ0v) is 11.3. The second-order valence-electron chi connectivity index (χ2n) is 4.55. The SMILES string of the molecule is N[C@H](CNC(=O)On1c(O)ccc1O)Cc1ccccc1. The second kappa shape index (κ2) is 6.67. The van der Waals surface area contributed by atoms with E-state index in [1.165, 1.54) is 12.1 Å². The molecule has 7 heteroatoms. The first kappa shape index (κ1) is 14.7. The number of nitrogens with one attached hydrogen (secondary N) is 1. The summed E-state index contributed by atoms with van der Waals surface area (Å²) < 4.78 is 0.609. The summed E-state index contributed by atoms with van der Waals surface area (Å²) in [7, 11) is 0. The van der Waals surface area contributed by atoms with Crippen molar-refractivity contribution in [2.75, 3.05) is 6.54 Å². The molecule has 1 atom stereocenters. The van der Waals surface area contributed by atoms with E-state index in [1.54, 1.807) is 0 Å². The molecule has 0 aliphatic carbocycles. The fourth-order valence-electron chi connectivity index (χ4n) is 1.81. The van der Waals surface area contributed by atoms with E-state index in [0.717, 1.165) is 5.56 Å². The Morgan fingerprint density at radius 1 is 1.19 bits per heavy atom. The van der Waals surface area contributed by atoms with Gasteiger partial charge in [-0.1, -0.05) is 30.3 Å². The van der Waals surface area contributed by atoms with Crippen LogP contribution < -0.4 is 15.9 Å². The van der Waals surface area contributed by atoms with E-state index >= 15 is 0 Å². The van der Waals surface area contributed by atoms with Crippen LogP contribution >= 0.6 is 0 Å². The van der Waals surface area contributed by atoms with Crippen LogP contribution in [0.5, 0.6) is 11.8 Å². The Morgan fingerprint density at radius 2 is 1.81 bits per heavy atom. The highest BCUT2D eigenvalue weighted by atomic mass is 16.7. The average Bonchev–Trinajstić information content (AvgIpc) is 2.78. The van der Waals surface area contributed by atoms with E-state index in [1.807, 2.05) is 30.3 Å². The topological polar surface area (TPSA) is 110 Å². The maximum Gasteiger partial charge on any atom is 0.432 e. The van der Waals surface area contributed by atoms with E-state index in [4.69, 9.17) is 10.6 Å². The van der Waals surface area contributed by atoms with Crippen LogP contribution in [-0.4, -0.2) is 33.6 Å². The molecule has 21 heavy (non-hydrogen) atoms. The van der Waals surface area contributed by atoms with E-state index in [0.29, 0.717) is 11.2 Å². The minimum atomic E-state index is -0.819. The van der Waals surface area contributed by atoms with Crippen molar-refractivity contribution in [1.29, 1.82) is 0 Å². The van der Waals surface area contributed by atoms with Crippen LogP contribution in [0.4, 0.5) is 4.79 Å². The van der Waals surface area contributed by atoms with Crippen molar-refractivity contribution in [3.8, 4) is 11.8 Å². The van der Waals surface area contributed by atoms with Gasteiger partial charge < -0.3 is 26.1 Å².